The summed E-state index contributed by atoms with van der Waals surface area (Å²) in [5.74, 6) is 0.614. The van der Waals surface area contributed by atoms with Crippen LogP contribution in [0.2, 0.25) is 0 Å². The van der Waals surface area contributed by atoms with E-state index < -0.39 is 4.92 Å². The second-order valence-corrected chi connectivity index (χ2v) is 4.33. The molecule has 0 amide bonds. The van der Waals surface area contributed by atoms with E-state index in [1.54, 1.807) is 12.1 Å². The SMILES string of the molecule is CNCc1ccc(Oc2ccc(C#N)cc2[N+](=O)[O-])cc1. The predicted molar refractivity (Wildman–Crippen MR) is 77.1 cm³/mol. The number of ether oxygens (including phenoxy) is 1. The first-order chi connectivity index (χ1) is 10.1. The minimum atomic E-state index is -0.564. The maximum atomic E-state index is 11.0. The molecule has 0 saturated carbocycles. The van der Waals surface area contributed by atoms with Gasteiger partial charge in [-0.3, -0.25) is 10.1 Å². The zero-order chi connectivity index (χ0) is 15.2. The Morgan fingerprint density at radius 2 is 2.00 bits per heavy atom. The molecule has 0 aliphatic carbocycles. The van der Waals surface area contributed by atoms with Crippen LogP contribution in [-0.4, -0.2) is 12.0 Å². The quantitative estimate of drug-likeness (QED) is 0.673. The second-order valence-electron chi connectivity index (χ2n) is 4.33. The number of nitrogens with one attached hydrogen (secondary N) is 1. The van der Waals surface area contributed by atoms with Gasteiger partial charge in [0.25, 0.3) is 0 Å². The number of rotatable bonds is 5. The van der Waals surface area contributed by atoms with Gasteiger partial charge in [0.1, 0.15) is 5.75 Å². The fraction of sp³-hybridized carbons (Fsp3) is 0.133. The summed E-state index contributed by atoms with van der Waals surface area (Å²) in [7, 11) is 1.85. The Morgan fingerprint density at radius 1 is 1.29 bits per heavy atom. The Morgan fingerprint density at radius 3 is 2.57 bits per heavy atom. The first-order valence-corrected chi connectivity index (χ1v) is 6.24. The van der Waals surface area contributed by atoms with E-state index in [4.69, 9.17) is 10.00 Å². The highest BCUT2D eigenvalue weighted by Gasteiger charge is 2.16. The van der Waals surface area contributed by atoms with Gasteiger partial charge in [-0.25, -0.2) is 0 Å². The molecule has 2 aromatic carbocycles. The zero-order valence-corrected chi connectivity index (χ0v) is 11.4. The largest absolute Gasteiger partial charge is 0.450 e. The Kier molecular flexibility index (Phi) is 4.49. The van der Waals surface area contributed by atoms with E-state index in [2.05, 4.69) is 5.32 Å². The lowest BCUT2D eigenvalue weighted by Crippen LogP contribution is -2.04. The van der Waals surface area contributed by atoms with Crippen LogP contribution < -0.4 is 10.1 Å². The van der Waals surface area contributed by atoms with E-state index >= 15 is 0 Å². The van der Waals surface area contributed by atoms with Gasteiger partial charge in [0, 0.05) is 12.6 Å². The van der Waals surface area contributed by atoms with Crippen LogP contribution in [-0.2, 0) is 6.54 Å². The van der Waals surface area contributed by atoms with Crippen molar-refractivity contribution in [2.24, 2.45) is 0 Å². The first kappa shape index (κ1) is 14.5. The number of benzene rings is 2. The summed E-state index contributed by atoms with van der Waals surface area (Å²) in [6.07, 6.45) is 0. The molecule has 21 heavy (non-hydrogen) atoms. The standard InChI is InChI=1S/C15H13N3O3/c1-17-10-11-2-5-13(6-3-11)21-15-7-4-12(9-16)8-14(15)18(19)20/h2-8,17H,10H2,1H3. The minimum Gasteiger partial charge on any atom is -0.450 e. The van der Waals surface area contributed by atoms with Crippen LogP contribution in [0.15, 0.2) is 42.5 Å². The molecule has 0 spiro atoms. The van der Waals surface area contributed by atoms with Crippen LogP contribution >= 0.6 is 0 Å². The fourth-order valence-electron chi connectivity index (χ4n) is 1.82. The lowest BCUT2D eigenvalue weighted by molar-refractivity contribution is -0.385. The van der Waals surface area contributed by atoms with Gasteiger partial charge in [-0.15, -0.1) is 0 Å². The molecule has 0 heterocycles. The summed E-state index contributed by atoms with van der Waals surface area (Å²) in [6.45, 7) is 0.733. The van der Waals surface area contributed by atoms with Gasteiger partial charge in [0.2, 0.25) is 5.75 Å². The summed E-state index contributed by atoms with van der Waals surface area (Å²) < 4.78 is 5.53. The van der Waals surface area contributed by atoms with Crippen molar-refractivity contribution in [3.63, 3.8) is 0 Å². The van der Waals surface area contributed by atoms with Gasteiger partial charge < -0.3 is 10.1 Å². The number of hydrogen-bond acceptors (Lipinski definition) is 5. The normalized spacial score (nSPS) is 9.90. The molecule has 0 saturated heterocycles. The van der Waals surface area contributed by atoms with Gasteiger partial charge in [0.05, 0.1) is 16.6 Å². The summed E-state index contributed by atoms with van der Waals surface area (Å²) in [5, 5.41) is 22.8. The molecule has 0 fully saturated rings. The second kappa shape index (κ2) is 6.50. The van der Waals surface area contributed by atoms with E-state index in [0.717, 1.165) is 12.1 Å². The highest BCUT2D eigenvalue weighted by Crippen LogP contribution is 2.32. The average molecular weight is 283 g/mol. The molecule has 0 aliphatic heterocycles. The van der Waals surface area contributed by atoms with Crippen LogP contribution in [0.1, 0.15) is 11.1 Å². The zero-order valence-electron chi connectivity index (χ0n) is 11.4. The van der Waals surface area contributed by atoms with Gasteiger partial charge >= 0.3 is 5.69 Å². The van der Waals surface area contributed by atoms with E-state index in [0.29, 0.717) is 5.75 Å². The molecular formula is C15H13N3O3. The Hall–Kier alpha value is -2.91. The van der Waals surface area contributed by atoms with Gasteiger partial charge in [-0.05, 0) is 36.9 Å². The topological polar surface area (TPSA) is 88.2 Å². The maximum Gasteiger partial charge on any atom is 0.312 e. The van der Waals surface area contributed by atoms with Crippen LogP contribution in [0.5, 0.6) is 11.5 Å². The minimum absolute atomic E-state index is 0.111. The highest BCUT2D eigenvalue weighted by molar-refractivity contribution is 5.53. The van der Waals surface area contributed by atoms with Crippen molar-refractivity contribution in [3.8, 4) is 17.6 Å². The maximum absolute atomic E-state index is 11.0. The Labute approximate surface area is 121 Å². The van der Waals surface area contributed by atoms with Crippen molar-refractivity contribution in [3.05, 3.63) is 63.7 Å². The van der Waals surface area contributed by atoms with Gasteiger partial charge in [0.15, 0.2) is 0 Å². The molecule has 0 bridgehead atoms. The number of nitro groups is 1. The monoisotopic (exact) mass is 283 g/mol. The molecule has 0 unspecified atom stereocenters. The van der Waals surface area contributed by atoms with Crippen LogP contribution in [0.25, 0.3) is 0 Å². The van der Waals surface area contributed by atoms with Crippen molar-refractivity contribution < 1.29 is 9.66 Å². The molecule has 106 valence electrons. The molecule has 0 aliphatic rings. The summed E-state index contributed by atoms with van der Waals surface area (Å²) >= 11 is 0. The van der Waals surface area contributed by atoms with Crippen LogP contribution in [0.3, 0.4) is 0 Å². The number of nitrogens with zero attached hydrogens (tertiary/aromatic N) is 2. The van der Waals surface area contributed by atoms with Gasteiger partial charge in [-0.1, -0.05) is 12.1 Å². The molecule has 0 aromatic heterocycles. The lowest BCUT2D eigenvalue weighted by atomic mass is 10.2. The third kappa shape index (κ3) is 3.55. The summed E-state index contributed by atoms with van der Waals surface area (Å²) in [6, 6.07) is 13.2. The highest BCUT2D eigenvalue weighted by atomic mass is 16.6. The van der Waals surface area contributed by atoms with E-state index in [-0.39, 0.29) is 17.0 Å². The Bertz CT molecular complexity index is 690. The van der Waals surface area contributed by atoms with Crippen LogP contribution in [0, 0.1) is 21.4 Å². The summed E-state index contributed by atoms with van der Waals surface area (Å²) in [4.78, 5) is 10.5. The smallest absolute Gasteiger partial charge is 0.312 e. The molecule has 0 radical (unpaired) electrons. The van der Waals surface area contributed by atoms with Crippen molar-refractivity contribution in [2.45, 2.75) is 6.54 Å². The molecule has 0 atom stereocenters. The number of nitro benzene ring substituents is 1. The molecule has 2 aromatic rings. The molecule has 2 rings (SSSR count). The van der Waals surface area contributed by atoms with Crippen molar-refractivity contribution >= 4 is 5.69 Å². The van der Waals surface area contributed by atoms with E-state index in [1.165, 1.54) is 18.2 Å². The molecule has 6 heteroatoms. The van der Waals surface area contributed by atoms with Crippen molar-refractivity contribution in [1.82, 2.24) is 5.32 Å². The average Bonchev–Trinajstić information content (AvgIpc) is 2.49. The van der Waals surface area contributed by atoms with Crippen LogP contribution in [0.4, 0.5) is 5.69 Å². The summed E-state index contributed by atoms with van der Waals surface area (Å²) in [5.41, 5.74) is 1.07. The Balaban J connectivity index is 2.26. The molecule has 6 nitrogen and oxygen atoms in total. The van der Waals surface area contributed by atoms with Crippen molar-refractivity contribution in [2.75, 3.05) is 7.05 Å². The fourth-order valence-corrected chi connectivity index (χ4v) is 1.82. The molecule has 1 N–H and O–H groups in total. The van der Waals surface area contributed by atoms with Crippen molar-refractivity contribution in [1.29, 1.82) is 5.26 Å². The van der Waals surface area contributed by atoms with E-state index in [9.17, 15) is 10.1 Å². The number of nitriles is 1. The van der Waals surface area contributed by atoms with Gasteiger partial charge in [-0.2, -0.15) is 5.26 Å². The first-order valence-electron chi connectivity index (χ1n) is 6.24. The third-order valence-electron chi connectivity index (χ3n) is 2.82. The molecular weight excluding hydrogens is 270 g/mol. The van der Waals surface area contributed by atoms with E-state index in [1.807, 2.05) is 25.2 Å². The third-order valence-corrected chi connectivity index (χ3v) is 2.82. The number of hydrogen-bond donors (Lipinski definition) is 1. The lowest BCUT2D eigenvalue weighted by Gasteiger charge is -2.07. The predicted octanol–water partition coefficient (Wildman–Crippen LogP) is 2.98.